The van der Waals surface area contributed by atoms with E-state index in [1.165, 1.54) is 51.6 Å². The molecule has 134 valence electrons. The zero-order chi connectivity index (χ0) is 16.7. The molecule has 2 unspecified atom stereocenters. The SMILES string of the molecule is CC(=O)NCCN1CC(NCC2CCCCC2)CC(C(C)C)C1. The second-order valence-electron chi connectivity index (χ2n) is 8.09. The predicted molar refractivity (Wildman–Crippen MR) is 96.4 cm³/mol. The minimum atomic E-state index is 0.0781. The van der Waals surface area contributed by atoms with Gasteiger partial charge in [0.2, 0.25) is 5.91 Å². The van der Waals surface area contributed by atoms with Gasteiger partial charge in [-0.3, -0.25) is 9.69 Å². The Bertz CT molecular complexity index is 353. The van der Waals surface area contributed by atoms with Crippen LogP contribution in [0.2, 0.25) is 0 Å². The molecule has 2 N–H and O–H groups in total. The Labute approximate surface area is 142 Å². The summed E-state index contributed by atoms with van der Waals surface area (Å²) in [7, 11) is 0. The van der Waals surface area contributed by atoms with E-state index in [4.69, 9.17) is 0 Å². The van der Waals surface area contributed by atoms with Crippen LogP contribution >= 0.6 is 0 Å². The predicted octanol–water partition coefficient (Wildman–Crippen LogP) is 2.64. The third kappa shape index (κ3) is 6.80. The number of carbonyl (C=O) groups is 1. The molecule has 1 saturated carbocycles. The summed E-state index contributed by atoms with van der Waals surface area (Å²) in [4.78, 5) is 13.6. The number of likely N-dealkylation sites (tertiary alicyclic amines) is 1. The van der Waals surface area contributed by atoms with Gasteiger partial charge in [0.1, 0.15) is 0 Å². The van der Waals surface area contributed by atoms with Crippen molar-refractivity contribution in [3.63, 3.8) is 0 Å². The number of carbonyl (C=O) groups excluding carboxylic acids is 1. The quantitative estimate of drug-likeness (QED) is 0.757. The van der Waals surface area contributed by atoms with Gasteiger partial charge in [0, 0.05) is 39.1 Å². The molecule has 1 aliphatic heterocycles. The van der Waals surface area contributed by atoms with Crippen molar-refractivity contribution in [3.8, 4) is 0 Å². The lowest BCUT2D eigenvalue weighted by Crippen LogP contribution is -2.52. The Kier molecular flexibility index (Phi) is 7.84. The molecular weight excluding hydrogens is 286 g/mol. The Morgan fingerprint density at radius 2 is 1.91 bits per heavy atom. The van der Waals surface area contributed by atoms with Crippen molar-refractivity contribution in [2.24, 2.45) is 17.8 Å². The molecular formula is C19H37N3O. The van der Waals surface area contributed by atoms with Gasteiger partial charge in [0.05, 0.1) is 0 Å². The molecule has 4 nitrogen and oxygen atoms in total. The largest absolute Gasteiger partial charge is 0.355 e. The lowest BCUT2D eigenvalue weighted by Gasteiger charge is -2.40. The summed E-state index contributed by atoms with van der Waals surface area (Å²) in [6, 6.07) is 0.621. The van der Waals surface area contributed by atoms with E-state index in [1.807, 2.05) is 0 Å². The minimum Gasteiger partial charge on any atom is -0.355 e. The van der Waals surface area contributed by atoms with Gasteiger partial charge >= 0.3 is 0 Å². The van der Waals surface area contributed by atoms with Gasteiger partial charge in [0.25, 0.3) is 0 Å². The van der Waals surface area contributed by atoms with Crippen molar-refractivity contribution in [1.29, 1.82) is 0 Å². The number of rotatable bonds is 7. The van der Waals surface area contributed by atoms with Gasteiger partial charge in [-0.2, -0.15) is 0 Å². The molecule has 2 rings (SSSR count). The van der Waals surface area contributed by atoms with Crippen LogP contribution in [0.5, 0.6) is 0 Å². The van der Waals surface area contributed by atoms with Crippen LogP contribution in [0.1, 0.15) is 59.3 Å². The molecule has 2 fully saturated rings. The van der Waals surface area contributed by atoms with E-state index >= 15 is 0 Å². The van der Waals surface area contributed by atoms with E-state index in [1.54, 1.807) is 6.92 Å². The topological polar surface area (TPSA) is 44.4 Å². The lowest BCUT2D eigenvalue weighted by atomic mass is 9.84. The van der Waals surface area contributed by atoms with Crippen LogP contribution in [0.25, 0.3) is 0 Å². The highest BCUT2D eigenvalue weighted by Gasteiger charge is 2.29. The van der Waals surface area contributed by atoms with Crippen LogP contribution in [0.3, 0.4) is 0 Å². The van der Waals surface area contributed by atoms with Gasteiger partial charge in [-0.25, -0.2) is 0 Å². The highest BCUT2D eigenvalue weighted by molar-refractivity contribution is 5.72. The van der Waals surface area contributed by atoms with E-state index < -0.39 is 0 Å². The third-order valence-corrected chi connectivity index (χ3v) is 5.72. The average Bonchev–Trinajstić information content (AvgIpc) is 2.53. The van der Waals surface area contributed by atoms with E-state index in [-0.39, 0.29) is 5.91 Å². The first-order chi connectivity index (χ1) is 11.0. The summed E-state index contributed by atoms with van der Waals surface area (Å²) in [5.74, 6) is 2.48. The van der Waals surface area contributed by atoms with Crippen molar-refractivity contribution in [3.05, 3.63) is 0 Å². The Hall–Kier alpha value is -0.610. The van der Waals surface area contributed by atoms with Crippen molar-refractivity contribution < 1.29 is 4.79 Å². The summed E-state index contributed by atoms with van der Waals surface area (Å²) in [6.45, 7) is 11.6. The van der Waals surface area contributed by atoms with E-state index in [0.717, 1.165) is 37.4 Å². The molecule has 0 aromatic rings. The second-order valence-corrected chi connectivity index (χ2v) is 8.09. The third-order valence-electron chi connectivity index (χ3n) is 5.72. The minimum absolute atomic E-state index is 0.0781. The Balaban J connectivity index is 1.78. The molecule has 23 heavy (non-hydrogen) atoms. The highest BCUT2D eigenvalue weighted by atomic mass is 16.1. The van der Waals surface area contributed by atoms with Gasteiger partial charge in [0.15, 0.2) is 0 Å². The molecule has 0 radical (unpaired) electrons. The maximum atomic E-state index is 11.1. The molecule has 1 amide bonds. The molecule has 0 spiro atoms. The average molecular weight is 324 g/mol. The number of hydrogen-bond donors (Lipinski definition) is 2. The van der Waals surface area contributed by atoms with E-state index in [2.05, 4.69) is 29.4 Å². The van der Waals surface area contributed by atoms with Crippen LogP contribution in [0.4, 0.5) is 0 Å². The zero-order valence-corrected chi connectivity index (χ0v) is 15.4. The van der Waals surface area contributed by atoms with E-state index in [0.29, 0.717) is 6.04 Å². The molecule has 2 aliphatic rings. The first-order valence-electron chi connectivity index (χ1n) is 9.74. The zero-order valence-electron chi connectivity index (χ0n) is 15.4. The van der Waals surface area contributed by atoms with Crippen LogP contribution in [-0.2, 0) is 4.79 Å². The molecule has 1 saturated heterocycles. The van der Waals surface area contributed by atoms with Crippen molar-refractivity contribution in [2.75, 3.05) is 32.7 Å². The number of nitrogens with one attached hydrogen (secondary N) is 2. The molecule has 1 heterocycles. The Morgan fingerprint density at radius 1 is 1.17 bits per heavy atom. The molecule has 2 atom stereocenters. The van der Waals surface area contributed by atoms with E-state index in [9.17, 15) is 4.79 Å². The summed E-state index contributed by atoms with van der Waals surface area (Å²) < 4.78 is 0. The summed E-state index contributed by atoms with van der Waals surface area (Å²) >= 11 is 0. The van der Waals surface area contributed by atoms with Gasteiger partial charge < -0.3 is 10.6 Å². The fourth-order valence-corrected chi connectivity index (χ4v) is 4.16. The first kappa shape index (κ1) is 18.7. The maximum absolute atomic E-state index is 11.1. The monoisotopic (exact) mass is 323 g/mol. The molecule has 0 aromatic carbocycles. The normalized spacial score (nSPS) is 27.3. The first-order valence-corrected chi connectivity index (χ1v) is 9.74. The van der Waals surface area contributed by atoms with Crippen molar-refractivity contribution in [2.45, 2.75) is 65.3 Å². The van der Waals surface area contributed by atoms with Crippen LogP contribution in [0, 0.1) is 17.8 Å². The standard InChI is InChI=1S/C19H37N3O/c1-15(2)18-11-19(21-12-17-7-5-4-6-8-17)14-22(13-18)10-9-20-16(3)23/h15,17-19,21H,4-14H2,1-3H3,(H,20,23). The molecule has 4 heteroatoms. The number of hydrogen-bond acceptors (Lipinski definition) is 3. The molecule has 0 aromatic heterocycles. The van der Waals surface area contributed by atoms with Crippen LogP contribution in [0.15, 0.2) is 0 Å². The van der Waals surface area contributed by atoms with Crippen LogP contribution in [-0.4, -0.2) is 49.6 Å². The van der Waals surface area contributed by atoms with Gasteiger partial charge in [-0.1, -0.05) is 33.1 Å². The van der Waals surface area contributed by atoms with Crippen molar-refractivity contribution in [1.82, 2.24) is 15.5 Å². The smallest absolute Gasteiger partial charge is 0.216 e. The second kappa shape index (κ2) is 9.63. The summed E-state index contributed by atoms with van der Waals surface area (Å²) in [6.07, 6.45) is 8.43. The fourth-order valence-electron chi connectivity index (χ4n) is 4.16. The summed E-state index contributed by atoms with van der Waals surface area (Å²) in [5.41, 5.74) is 0. The summed E-state index contributed by atoms with van der Waals surface area (Å²) in [5, 5.41) is 6.81. The lowest BCUT2D eigenvalue weighted by molar-refractivity contribution is -0.119. The van der Waals surface area contributed by atoms with Gasteiger partial charge in [-0.15, -0.1) is 0 Å². The number of piperidine rings is 1. The number of amides is 1. The van der Waals surface area contributed by atoms with Crippen molar-refractivity contribution >= 4 is 5.91 Å². The molecule has 0 bridgehead atoms. The molecule has 1 aliphatic carbocycles. The fraction of sp³-hybridized carbons (Fsp3) is 0.947. The highest BCUT2D eigenvalue weighted by Crippen LogP contribution is 2.26. The maximum Gasteiger partial charge on any atom is 0.216 e. The Morgan fingerprint density at radius 3 is 2.57 bits per heavy atom. The number of nitrogens with zero attached hydrogens (tertiary/aromatic N) is 1. The van der Waals surface area contributed by atoms with Gasteiger partial charge in [-0.05, 0) is 43.6 Å². The van der Waals surface area contributed by atoms with Crippen LogP contribution < -0.4 is 10.6 Å².